The van der Waals surface area contributed by atoms with Gasteiger partial charge in [-0.15, -0.1) is 0 Å². The minimum absolute atomic E-state index is 0.0834. The molecular weight excluding hydrogens is 500 g/mol. The van der Waals surface area contributed by atoms with Crippen LogP contribution in [0.3, 0.4) is 0 Å². The van der Waals surface area contributed by atoms with E-state index in [4.69, 9.17) is 21.9 Å². The highest BCUT2D eigenvalue weighted by molar-refractivity contribution is 7.80. The topological polar surface area (TPSA) is 42.3 Å². The van der Waals surface area contributed by atoms with Crippen molar-refractivity contribution >= 4 is 23.0 Å². The summed E-state index contributed by atoms with van der Waals surface area (Å²) >= 11 is 5.95. The number of rotatable bonds is 6. The number of nitrogens with one attached hydrogen (secondary N) is 1. The van der Waals surface area contributed by atoms with Crippen molar-refractivity contribution in [3.8, 4) is 17.2 Å². The molecule has 5 nitrogen and oxygen atoms in total. The Labute approximate surface area is 234 Å². The van der Waals surface area contributed by atoms with Gasteiger partial charge in [0.05, 0.1) is 17.8 Å². The molecule has 2 aromatic heterocycles. The van der Waals surface area contributed by atoms with E-state index in [1.54, 1.807) is 0 Å². The molecule has 0 aliphatic carbocycles. The molecule has 1 aliphatic rings. The standard InChI is InChI=1S/C33H30N4OS/c1-22-12-16-27(17-13-22)38-28-18-14-26(15-19-28)37-32(31(35-33(37)39)30-11-7-8-20-34-30)29-21-23(2)36(24(29)3)25-9-5-4-6-10-25/h4-21,31-32H,1-3H3,(H,35,39)/t31-,32+/m0/s1. The Morgan fingerprint density at radius 3 is 2.10 bits per heavy atom. The smallest absolute Gasteiger partial charge is 0.174 e. The van der Waals surface area contributed by atoms with Gasteiger partial charge in [0.15, 0.2) is 5.11 Å². The van der Waals surface area contributed by atoms with Crippen molar-refractivity contribution in [2.75, 3.05) is 4.90 Å². The molecule has 0 amide bonds. The summed E-state index contributed by atoms with van der Waals surface area (Å²) in [7, 11) is 0. The zero-order valence-corrected chi connectivity index (χ0v) is 23.0. The molecule has 1 saturated heterocycles. The fourth-order valence-corrected chi connectivity index (χ4v) is 5.77. The SMILES string of the molecule is Cc1ccc(Oc2ccc(N3C(=S)N[C@@H](c4ccccn4)[C@H]3c3cc(C)n(-c4ccccc4)c3C)cc2)cc1. The number of para-hydroxylation sites is 1. The van der Waals surface area contributed by atoms with Crippen LogP contribution in [-0.4, -0.2) is 14.7 Å². The van der Waals surface area contributed by atoms with Crippen molar-refractivity contribution in [1.82, 2.24) is 14.9 Å². The van der Waals surface area contributed by atoms with Crippen LogP contribution in [0.25, 0.3) is 5.69 Å². The summed E-state index contributed by atoms with van der Waals surface area (Å²) in [5.74, 6) is 1.59. The zero-order valence-electron chi connectivity index (χ0n) is 22.2. The minimum Gasteiger partial charge on any atom is -0.457 e. The van der Waals surface area contributed by atoms with E-state index in [9.17, 15) is 0 Å². The van der Waals surface area contributed by atoms with Gasteiger partial charge < -0.3 is 19.5 Å². The molecular formula is C33H30N4OS. The fraction of sp³-hybridized carbons (Fsp3) is 0.152. The molecule has 39 heavy (non-hydrogen) atoms. The van der Waals surface area contributed by atoms with E-state index in [2.05, 4.69) is 84.1 Å². The maximum Gasteiger partial charge on any atom is 0.174 e. The Hall–Kier alpha value is -4.42. The van der Waals surface area contributed by atoms with Crippen LogP contribution in [0.15, 0.2) is 109 Å². The molecule has 1 N–H and O–H groups in total. The van der Waals surface area contributed by atoms with Crippen molar-refractivity contribution < 1.29 is 4.74 Å². The summed E-state index contributed by atoms with van der Waals surface area (Å²) in [4.78, 5) is 6.92. The molecule has 6 rings (SSSR count). The maximum absolute atomic E-state index is 6.09. The molecule has 5 aromatic rings. The Morgan fingerprint density at radius 1 is 0.769 bits per heavy atom. The average molecular weight is 531 g/mol. The lowest BCUT2D eigenvalue weighted by atomic mass is 9.96. The van der Waals surface area contributed by atoms with Crippen LogP contribution in [0.1, 0.15) is 40.3 Å². The van der Waals surface area contributed by atoms with Crippen molar-refractivity contribution in [3.63, 3.8) is 0 Å². The number of pyridine rings is 1. The molecule has 3 heterocycles. The molecule has 194 valence electrons. The van der Waals surface area contributed by atoms with Crippen LogP contribution >= 0.6 is 12.2 Å². The molecule has 1 aliphatic heterocycles. The Bertz CT molecular complexity index is 1600. The third-order valence-electron chi connectivity index (χ3n) is 7.27. The Kier molecular flexibility index (Phi) is 6.63. The number of nitrogens with zero attached hydrogens (tertiary/aromatic N) is 3. The lowest BCUT2D eigenvalue weighted by molar-refractivity contribution is 0.482. The molecule has 0 radical (unpaired) electrons. The quantitative estimate of drug-likeness (QED) is 0.227. The van der Waals surface area contributed by atoms with E-state index < -0.39 is 0 Å². The summed E-state index contributed by atoms with van der Waals surface area (Å²) in [6.45, 7) is 6.40. The minimum atomic E-state index is -0.105. The summed E-state index contributed by atoms with van der Waals surface area (Å²) in [5, 5.41) is 4.25. The number of hydrogen-bond acceptors (Lipinski definition) is 3. The largest absolute Gasteiger partial charge is 0.457 e. The van der Waals surface area contributed by atoms with Gasteiger partial charge in [-0.1, -0.05) is 42.0 Å². The molecule has 1 fully saturated rings. The van der Waals surface area contributed by atoms with Crippen LogP contribution in [-0.2, 0) is 0 Å². The van der Waals surface area contributed by atoms with Gasteiger partial charge >= 0.3 is 0 Å². The van der Waals surface area contributed by atoms with Crippen LogP contribution in [0.5, 0.6) is 11.5 Å². The second-order valence-corrected chi connectivity index (χ2v) is 10.3. The predicted molar refractivity (Wildman–Crippen MR) is 161 cm³/mol. The average Bonchev–Trinajstić information content (AvgIpc) is 3.46. The van der Waals surface area contributed by atoms with Crippen LogP contribution in [0, 0.1) is 20.8 Å². The highest BCUT2D eigenvalue weighted by Gasteiger charge is 2.42. The van der Waals surface area contributed by atoms with Gasteiger partial charge in [-0.2, -0.15) is 0 Å². The molecule has 0 unspecified atom stereocenters. The van der Waals surface area contributed by atoms with E-state index in [1.165, 1.54) is 22.5 Å². The Morgan fingerprint density at radius 2 is 1.44 bits per heavy atom. The molecule has 3 aromatic carbocycles. The van der Waals surface area contributed by atoms with E-state index in [-0.39, 0.29) is 12.1 Å². The van der Waals surface area contributed by atoms with Gasteiger partial charge in [-0.25, -0.2) is 0 Å². The van der Waals surface area contributed by atoms with Gasteiger partial charge in [-0.05, 0) is 105 Å². The number of aromatic nitrogens is 2. The van der Waals surface area contributed by atoms with Gasteiger partial charge in [0, 0.05) is 29.0 Å². The third-order valence-corrected chi connectivity index (χ3v) is 7.59. The highest BCUT2D eigenvalue weighted by Crippen LogP contribution is 2.44. The Balaban J connectivity index is 1.40. The van der Waals surface area contributed by atoms with Crippen LogP contribution in [0.2, 0.25) is 0 Å². The molecule has 6 heteroatoms. The van der Waals surface area contributed by atoms with E-state index in [0.29, 0.717) is 5.11 Å². The van der Waals surface area contributed by atoms with Gasteiger partial charge in [0.1, 0.15) is 11.5 Å². The second-order valence-electron chi connectivity index (χ2n) is 9.90. The number of ether oxygens (including phenoxy) is 1. The summed E-state index contributed by atoms with van der Waals surface area (Å²) in [5.41, 5.74) is 7.86. The van der Waals surface area contributed by atoms with Gasteiger partial charge in [0.25, 0.3) is 0 Å². The number of thiocarbonyl (C=S) groups is 1. The second kappa shape index (κ2) is 10.4. The van der Waals surface area contributed by atoms with E-state index in [0.717, 1.165) is 28.6 Å². The van der Waals surface area contributed by atoms with Crippen LogP contribution < -0.4 is 15.0 Å². The highest BCUT2D eigenvalue weighted by atomic mass is 32.1. The number of aryl methyl sites for hydroxylation is 2. The van der Waals surface area contributed by atoms with E-state index in [1.807, 2.05) is 60.8 Å². The first-order chi connectivity index (χ1) is 19.0. The number of hydrogen-bond donors (Lipinski definition) is 1. The monoisotopic (exact) mass is 530 g/mol. The van der Waals surface area contributed by atoms with E-state index >= 15 is 0 Å². The lowest BCUT2D eigenvalue weighted by Crippen LogP contribution is -2.29. The number of benzene rings is 3. The van der Waals surface area contributed by atoms with Crippen LogP contribution in [0.4, 0.5) is 5.69 Å². The first kappa shape index (κ1) is 24.9. The molecule has 0 spiro atoms. The normalized spacial score (nSPS) is 16.8. The summed E-state index contributed by atoms with van der Waals surface area (Å²) in [6.07, 6.45) is 1.84. The molecule has 0 saturated carbocycles. The summed E-state index contributed by atoms with van der Waals surface area (Å²) < 4.78 is 8.40. The molecule has 2 atom stereocenters. The first-order valence-corrected chi connectivity index (χ1v) is 13.5. The van der Waals surface area contributed by atoms with Crippen molar-refractivity contribution in [3.05, 3.63) is 138 Å². The lowest BCUT2D eigenvalue weighted by Gasteiger charge is -2.28. The third kappa shape index (κ3) is 4.79. The van der Waals surface area contributed by atoms with Crippen molar-refractivity contribution in [2.45, 2.75) is 32.9 Å². The van der Waals surface area contributed by atoms with Gasteiger partial charge in [-0.3, -0.25) is 4.98 Å². The predicted octanol–water partition coefficient (Wildman–Crippen LogP) is 7.77. The van der Waals surface area contributed by atoms with Crippen molar-refractivity contribution in [2.24, 2.45) is 0 Å². The zero-order chi connectivity index (χ0) is 26.9. The fourth-order valence-electron chi connectivity index (χ4n) is 5.43. The summed E-state index contributed by atoms with van der Waals surface area (Å²) in [6, 6.07) is 34.8. The maximum atomic E-state index is 6.09. The van der Waals surface area contributed by atoms with Gasteiger partial charge in [0.2, 0.25) is 0 Å². The van der Waals surface area contributed by atoms with Crippen molar-refractivity contribution in [1.29, 1.82) is 0 Å². The number of anilines is 1. The first-order valence-electron chi connectivity index (χ1n) is 13.1. The molecule has 0 bridgehead atoms.